The van der Waals surface area contributed by atoms with Crippen LogP contribution in [-0.2, 0) is 28.8 Å². The maximum absolute atomic E-state index is 13.3. The second-order valence-electron chi connectivity index (χ2n) is 28.2. The Labute approximate surface area is 678 Å². The molecule has 31 nitrogen and oxygen atoms in total. The van der Waals surface area contributed by atoms with Gasteiger partial charge in [-0.3, -0.25) is 47.9 Å². The van der Waals surface area contributed by atoms with Crippen molar-refractivity contribution in [2.45, 2.75) is 103 Å². The first kappa shape index (κ1) is 85.9. The van der Waals surface area contributed by atoms with Crippen molar-refractivity contribution in [2.24, 2.45) is 0 Å². The van der Waals surface area contributed by atoms with E-state index in [4.69, 9.17) is 28.5 Å². The van der Waals surface area contributed by atoms with E-state index in [1.807, 2.05) is 73.7 Å². The van der Waals surface area contributed by atoms with Crippen molar-refractivity contribution in [3.63, 3.8) is 0 Å². The molecule has 3 aliphatic heterocycles. The van der Waals surface area contributed by atoms with E-state index in [-0.39, 0.29) is 61.0 Å². The molecule has 10 amide bonds. The zero-order valence-corrected chi connectivity index (χ0v) is 65.0. The molecule has 12 N–H and O–H groups in total. The summed E-state index contributed by atoms with van der Waals surface area (Å²) in [5.41, 5.74) is 9.00. The molecule has 31 heteroatoms. The Hall–Kier alpha value is -14.5. The highest BCUT2D eigenvalue weighted by Crippen LogP contribution is 2.34. The molecule has 0 unspecified atom stereocenters. The van der Waals surface area contributed by atoms with Gasteiger partial charge in [0.2, 0.25) is 0 Å². The van der Waals surface area contributed by atoms with Gasteiger partial charge in [0.05, 0.1) is 63.4 Å². The molecule has 3 aromatic heterocycles. The first-order valence-electron chi connectivity index (χ1n) is 38.8. The monoisotopic (exact) mass is 1600 g/mol. The van der Waals surface area contributed by atoms with E-state index in [9.17, 15) is 62.3 Å². The van der Waals surface area contributed by atoms with Crippen LogP contribution in [0.5, 0.6) is 0 Å². The molecule has 9 aromatic rings. The number of aromatic amines is 3. The molecule has 1 atom stereocenters. The second kappa shape index (κ2) is 42.0. The number of rotatable bonds is 28. The number of Topliss-reactive ketones (excluding diaryl/α,β-unsaturated/α-hetero) is 3. The number of amides is 10. The second-order valence-corrected chi connectivity index (χ2v) is 28.2. The number of aromatic nitrogens is 3. The minimum atomic E-state index is -0.933. The Bertz CT molecular complexity index is 5370. The summed E-state index contributed by atoms with van der Waals surface area (Å²) >= 11 is 0. The van der Waals surface area contributed by atoms with Crippen LogP contribution in [0.3, 0.4) is 0 Å². The molecule has 6 heterocycles. The van der Waals surface area contributed by atoms with Crippen LogP contribution in [0, 0.1) is 13.1 Å². The van der Waals surface area contributed by atoms with Gasteiger partial charge in [0.15, 0.2) is 11.4 Å². The minimum absolute atomic E-state index is 0.0473. The number of fused-ring (bicyclic) bond motifs is 3. The summed E-state index contributed by atoms with van der Waals surface area (Å²) in [6.07, 6.45) is 10.8. The molecule has 12 rings (SSSR count). The van der Waals surface area contributed by atoms with Gasteiger partial charge in [-0.15, -0.1) is 0 Å². The van der Waals surface area contributed by atoms with Crippen LogP contribution < -0.4 is 31.9 Å². The molecule has 0 aliphatic carbocycles. The lowest BCUT2D eigenvalue weighted by atomic mass is 9.97. The Balaban J connectivity index is 0.000000186. The van der Waals surface area contributed by atoms with Crippen LogP contribution in [0.15, 0.2) is 175 Å². The van der Waals surface area contributed by atoms with Gasteiger partial charge in [0.25, 0.3) is 41.0 Å². The fourth-order valence-corrected chi connectivity index (χ4v) is 14.1. The number of unbranched alkanes of at least 4 members (excludes halogenated alkanes) is 4. The van der Waals surface area contributed by atoms with Crippen LogP contribution in [0.4, 0.5) is 31.4 Å². The molecule has 6 aromatic carbocycles. The first-order chi connectivity index (χ1) is 57.0. The Kier molecular flexibility index (Phi) is 30.6. The van der Waals surface area contributed by atoms with Gasteiger partial charge >= 0.3 is 36.0 Å². The molecular formula is C87H91N15O16. The van der Waals surface area contributed by atoms with Crippen molar-refractivity contribution in [1.29, 1.82) is 0 Å². The quantitative estimate of drug-likeness (QED) is 0.00938. The number of H-pyrrole nitrogens is 3. The van der Waals surface area contributed by atoms with E-state index >= 15 is 0 Å². The summed E-state index contributed by atoms with van der Waals surface area (Å²) in [5, 5.41) is 43.9. The zero-order chi connectivity index (χ0) is 84.2. The fourth-order valence-electron chi connectivity index (χ4n) is 14.1. The van der Waals surface area contributed by atoms with E-state index in [1.165, 1.54) is 33.3 Å². The lowest BCUT2D eigenvalue weighted by Gasteiger charge is -2.39. The highest BCUT2D eigenvalue weighted by Gasteiger charge is 2.36. The normalized spacial score (nSPS) is 13.7. The summed E-state index contributed by atoms with van der Waals surface area (Å²) in [4.78, 5) is 183. The van der Waals surface area contributed by atoms with Crippen LogP contribution >= 0.6 is 0 Å². The number of anilines is 3. The van der Waals surface area contributed by atoms with Gasteiger partial charge in [-0.25, -0.2) is 24.1 Å². The average molecular weight is 1600 g/mol. The number of nitrogens with zero attached hydrogens (tertiary/aromatic N) is 6. The number of nitrogens with one attached hydrogen (secondary N) is 9. The number of benzene rings is 6. The lowest BCUT2D eigenvalue weighted by Crippen LogP contribution is -2.56. The van der Waals surface area contributed by atoms with E-state index in [0.29, 0.717) is 190 Å². The van der Waals surface area contributed by atoms with E-state index in [0.717, 1.165) is 22.3 Å². The number of carbonyl (C=O) groups is 13. The molecule has 0 saturated carbocycles. The van der Waals surface area contributed by atoms with Crippen LogP contribution in [0.25, 0.3) is 53.8 Å². The van der Waals surface area contributed by atoms with E-state index in [2.05, 4.69) is 56.5 Å². The van der Waals surface area contributed by atoms with Gasteiger partial charge in [-0.1, -0.05) is 139 Å². The third-order valence-corrected chi connectivity index (χ3v) is 20.3. The topological polar surface area (TPSA) is 424 Å². The number of carboxylic acids is 3. The zero-order valence-electron chi connectivity index (χ0n) is 65.0. The minimum Gasteiger partial charge on any atom is -0.481 e. The third-order valence-electron chi connectivity index (χ3n) is 20.3. The molecule has 0 radical (unpaired) electrons. The molecule has 118 heavy (non-hydrogen) atoms. The number of piperidine rings is 2. The largest absolute Gasteiger partial charge is 0.481 e. The molecule has 0 spiro atoms. The maximum atomic E-state index is 13.3. The highest BCUT2D eigenvalue weighted by atomic mass is 16.4. The molecule has 3 saturated heterocycles. The van der Waals surface area contributed by atoms with Gasteiger partial charge in [0, 0.05) is 131 Å². The molecular weight excluding hydrogens is 1510 g/mol. The van der Waals surface area contributed by atoms with Gasteiger partial charge in [0.1, 0.15) is 0 Å². The van der Waals surface area contributed by atoms with Crippen molar-refractivity contribution >= 4 is 138 Å². The third kappa shape index (κ3) is 22.7. The number of hydrogen-bond donors (Lipinski definition) is 12. The summed E-state index contributed by atoms with van der Waals surface area (Å²) in [6.45, 7) is 20.4. The van der Waals surface area contributed by atoms with Gasteiger partial charge in [-0.05, 0) is 106 Å². The molecule has 610 valence electrons. The summed E-state index contributed by atoms with van der Waals surface area (Å²) in [7, 11) is 0. The fraction of sp³-hybridized carbons (Fsp3) is 0.299. The van der Waals surface area contributed by atoms with Crippen molar-refractivity contribution in [1.82, 2.24) is 50.5 Å². The summed E-state index contributed by atoms with van der Waals surface area (Å²) in [6, 6.07) is 41.4. The molecule has 0 bridgehead atoms. The van der Waals surface area contributed by atoms with Crippen LogP contribution in [-0.4, -0.2) is 198 Å². The van der Waals surface area contributed by atoms with E-state index < -0.39 is 71.1 Å². The highest BCUT2D eigenvalue weighted by molar-refractivity contribution is 6.46. The number of piperazine rings is 1. The Morgan fingerprint density at radius 1 is 0.390 bits per heavy atom. The maximum Gasteiger partial charge on any atom is 0.319 e. The molecule has 3 aliphatic rings. The number of carbonyl (C=O) groups excluding carboxylic acids is 10. The predicted molar refractivity (Wildman–Crippen MR) is 443 cm³/mol. The van der Waals surface area contributed by atoms with Crippen molar-refractivity contribution in [3.05, 3.63) is 232 Å². The Morgan fingerprint density at radius 3 is 1.08 bits per heavy atom. The average Bonchev–Trinajstić information content (AvgIpc) is 1.62. The summed E-state index contributed by atoms with van der Waals surface area (Å²) in [5.74, 6) is -6.49. The lowest BCUT2D eigenvalue weighted by molar-refractivity contribution is -0.138. The van der Waals surface area contributed by atoms with Crippen molar-refractivity contribution < 1.29 is 77.6 Å². The predicted octanol–water partition coefficient (Wildman–Crippen LogP) is 12.9. The van der Waals surface area contributed by atoms with Crippen molar-refractivity contribution in [2.75, 3.05) is 81.4 Å². The van der Waals surface area contributed by atoms with Gasteiger partial charge < -0.3 is 81.8 Å². The van der Waals surface area contributed by atoms with E-state index in [1.54, 1.807) is 83.8 Å². The first-order valence-corrected chi connectivity index (χ1v) is 38.8. The summed E-state index contributed by atoms with van der Waals surface area (Å²) < 4.78 is 0. The number of urea groups is 3. The SMILES string of the molecule is C[C@@H]1CN(C(=O)c2ccccc2)CCN1C(=O)C(=O)c1c[nH]c2c(NC(=O)NCCCCCC(=O)O)cccc12.[C-]#[N+]C(=C1CCN(C(=O)C(=O)c2c[nH]c3c(NC(=O)NCCCC(=O)O)cccc23)CC1)c1ccccc1.[C-]#[N+]C(=C1CCN(C(=O)C(=O)c2c[nH]c3c(NC(=O)NCCCCCC(=O)O)cccc23)CC1)c1ccccc1. The number of para-hydroxylation sites is 3. The number of hydrogen-bond acceptors (Lipinski definition) is 13. The van der Waals surface area contributed by atoms with Crippen LogP contribution in [0.2, 0.25) is 0 Å². The number of ketones is 3. The molecule has 3 fully saturated rings. The number of aliphatic carboxylic acids is 3. The number of carboxylic acid groups (broad SMARTS) is 3. The standard InChI is InChI=1S/C30H31N5O5.C29H33N5O6.C28H27N5O5/c1-31-26(20-9-4-2-5-10-20)21-14-17-35(18-15-21)29(39)28(38)23-19-33-27-22(23)11-8-12-24(27)34-30(40)32-16-7-3-6-13-25(36)37;1-19-18-33(27(38)20-9-4-2-5-10-20)15-16-34(19)28(39)26(37)22-17-31-25-21(22)11-8-12-23(25)32-29(40)30-14-7-3-6-13-24(35)36;1-29-24(18-7-3-2-4-8-18)19-12-15-33(16-13-19)27(37)26(36)21-17-31-25-20(21)9-5-10-22(25)32-28(38)30-14-6-11-23(34)35/h2,4-5,8-12,19,33H,3,6-7,13-18H2,(H,36,37)(H2,32,34,40);2,4-5,8-12,17,19,31H,3,6-7,13-16,18H2,1H3,(H,35,36)(H2,30,32,40);2-5,7-10,17,31H,6,11-16H2,(H,34,35)(H2,30,32,38)/t;19-;/m.1./s1. The number of likely N-dealkylation sites (tertiary alicyclic amines) is 2. The van der Waals surface area contributed by atoms with Crippen LogP contribution in [0.1, 0.15) is 149 Å². The van der Waals surface area contributed by atoms with Crippen molar-refractivity contribution in [3.8, 4) is 0 Å². The van der Waals surface area contributed by atoms with Gasteiger partial charge in [-0.2, -0.15) is 0 Å². The Morgan fingerprint density at radius 2 is 0.729 bits per heavy atom. The smallest absolute Gasteiger partial charge is 0.319 e.